The molecule has 120 valence electrons. The minimum atomic E-state index is -0.478. The van der Waals surface area contributed by atoms with Crippen LogP contribution in [-0.4, -0.2) is 53.0 Å². The van der Waals surface area contributed by atoms with E-state index in [2.05, 4.69) is 0 Å². The number of nitrogens with zero attached hydrogens (tertiary/aromatic N) is 2. The van der Waals surface area contributed by atoms with E-state index in [0.29, 0.717) is 25.5 Å². The second-order valence-corrected chi connectivity index (χ2v) is 6.68. The molecule has 1 aromatic rings. The molecule has 1 amide bonds. The van der Waals surface area contributed by atoms with Gasteiger partial charge in [0.25, 0.3) is 0 Å². The maximum Gasteiger partial charge on any atom is 0.410 e. The first kappa shape index (κ1) is 16.3. The fourth-order valence-corrected chi connectivity index (χ4v) is 2.54. The van der Waals surface area contributed by atoms with Gasteiger partial charge in [0.1, 0.15) is 11.4 Å². The van der Waals surface area contributed by atoms with Gasteiger partial charge in [0.05, 0.1) is 0 Å². The molecular weight excluding hydrogens is 278 g/mol. The van der Waals surface area contributed by atoms with Crippen molar-refractivity contribution in [2.75, 3.05) is 19.6 Å². The van der Waals surface area contributed by atoms with Crippen LogP contribution in [0.5, 0.6) is 0 Å². The quantitative estimate of drug-likeness (QED) is 0.641. The molecule has 0 radical (unpaired) electrons. The highest BCUT2D eigenvalue weighted by atomic mass is 16.6. The maximum absolute atomic E-state index is 12.1. The number of piperazine rings is 1. The highest BCUT2D eigenvalue weighted by molar-refractivity contribution is 5.96. The molecule has 0 aromatic heterocycles. The number of amidine groups is 1. The van der Waals surface area contributed by atoms with Gasteiger partial charge in [0, 0.05) is 31.2 Å². The van der Waals surface area contributed by atoms with Gasteiger partial charge in [0.15, 0.2) is 0 Å². The standard InChI is InChI=1S/C17H25N3O2/c1-13-12-19(16(21)22-17(2,3)4)10-11-20(13)15(18)14-8-6-5-7-9-14/h5-9,13,18H,10-12H2,1-4H3/t13-/m0/s1. The number of rotatable bonds is 1. The molecule has 0 unspecified atom stereocenters. The van der Waals surface area contributed by atoms with Crippen molar-refractivity contribution in [3.63, 3.8) is 0 Å². The molecule has 1 heterocycles. The van der Waals surface area contributed by atoms with Crippen LogP contribution in [-0.2, 0) is 4.74 Å². The van der Waals surface area contributed by atoms with Crippen molar-refractivity contribution in [3.05, 3.63) is 35.9 Å². The Balaban J connectivity index is 1.98. The smallest absolute Gasteiger partial charge is 0.410 e. The van der Waals surface area contributed by atoms with Crippen molar-refractivity contribution in [3.8, 4) is 0 Å². The van der Waals surface area contributed by atoms with E-state index in [0.717, 1.165) is 5.56 Å². The Kier molecular flexibility index (Phi) is 4.74. The molecular formula is C17H25N3O2. The van der Waals surface area contributed by atoms with E-state index in [9.17, 15) is 4.79 Å². The molecule has 5 heteroatoms. The van der Waals surface area contributed by atoms with Gasteiger partial charge in [-0.1, -0.05) is 30.3 Å². The molecule has 0 aliphatic carbocycles. The van der Waals surface area contributed by atoms with Crippen molar-refractivity contribution < 1.29 is 9.53 Å². The zero-order valence-electron chi connectivity index (χ0n) is 13.8. The molecule has 1 atom stereocenters. The summed E-state index contributed by atoms with van der Waals surface area (Å²) in [6.45, 7) is 9.45. The summed E-state index contributed by atoms with van der Waals surface area (Å²) >= 11 is 0. The summed E-state index contributed by atoms with van der Waals surface area (Å²) in [6, 6.07) is 9.79. The van der Waals surface area contributed by atoms with Gasteiger partial charge in [-0.15, -0.1) is 0 Å². The van der Waals surface area contributed by atoms with Crippen LogP contribution in [0.1, 0.15) is 33.3 Å². The number of benzene rings is 1. The first-order valence-corrected chi connectivity index (χ1v) is 7.66. The lowest BCUT2D eigenvalue weighted by Gasteiger charge is -2.41. The van der Waals surface area contributed by atoms with Crippen LogP contribution < -0.4 is 0 Å². The average Bonchev–Trinajstić information content (AvgIpc) is 2.45. The van der Waals surface area contributed by atoms with Gasteiger partial charge < -0.3 is 14.5 Å². The highest BCUT2D eigenvalue weighted by Gasteiger charge is 2.31. The van der Waals surface area contributed by atoms with Crippen LogP contribution in [0.25, 0.3) is 0 Å². The molecule has 22 heavy (non-hydrogen) atoms. The Hall–Kier alpha value is -2.04. The molecule has 1 N–H and O–H groups in total. The number of carbonyl (C=O) groups is 1. The van der Waals surface area contributed by atoms with E-state index in [-0.39, 0.29) is 12.1 Å². The van der Waals surface area contributed by atoms with Gasteiger partial charge in [-0.25, -0.2) is 4.79 Å². The second-order valence-electron chi connectivity index (χ2n) is 6.68. The SMILES string of the molecule is C[C@H]1CN(C(=O)OC(C)(C)C)CCN1C(=N)c1ccccc1. The molecule has 0 bridgehead atoms. The Morgan fingerprint density at radius 1 is 1.23 bits per heavy atom. The van der Waals surface area contributed by atoms with Crippen molar-refractivity contribution >= 4 is 11.9 Å². The van der Waals surface area contributed by atoms with Gasteiger partial charge >= 0.3 is 6.09 Å². The average molecular weight is 303 g/mol. The molecule has 1 aliphatic heterocycles. The second kappa shape index (κ2) is 6.38. The molecule has 0 saturated carbocycles. The minimum absolute atomic E-state index is 0.0916. The number of carbonyl (C=O) groups excluding carboxylic acids is 1. The van der Waals surface area contributed by atoms with Crippen molar-refractivity contribution in [2.45, 2.75) is 39.3 Å². The third kappa shape index (κ3) is 4.00. The van der Waals surface area contributed by atoms with Crippen LogP contribution in [0.2, 0.25) is 0 Å². The lowest BCUT2D eigenvalue weighted by molar-refractivity contribution is 0.0133. The number of ether oxygens (including phenoxy) is 1. The fourth-order valence-electron chi connectivity index (χ4n) is 2.54. The lowest BCUT2D eigenvalue weighted by atomic mass is 10.1. The fraction of sp³-hybridized carbons (Fsp3) is 0.529. The predicted molar refractivity (Wildman–Crippen MR) is 87.2 cm³/mol. The van der Waals surface area contributed by atoms with Crippen LogP contribution >= 0.6 is 0 Å². The largest absolute Gasteiger partial charge is 0.444 e. The highest BCUT2D eigenvalue weighted by Crippen LogP contribution is 2.17. The number of hydrogen-bond acceptors (Lipinski definition) is 3. The lowest BCUT2D eigenvalue weighted by Crippen LogP contribution is -2.56. The summed E-state index contributed by atoms with van der Waals surface area (Å²) in [5.41, 5.74) is 0.425. The van der Waals surface area contributed by atoms with E-state index in [1.165, 1.54) is 0 Å². The molecule has 1 saturated heterocycles. The molecule has 1 aliphatic rings. The summed E-state index contributed by atoms with van der Waals surface area (Å²) < 4.78 is 5.42. The zero-order chi connectivity index (χ0) is 16.3. The van der Waals surface area contributed by atoms with Gasteiger partial charge in [-0.05, 0) is 27.7 Å². The molecule has 0 spiro atoms. The predicted octanol–water partition coefficient (Wildman–Crippen LogP) is 2.95. The Morgan fingerprint density at radius 3 is 2.41 bits per heavy atom. The summed E-state index contributed by atoms with van der Waals surface area (Å²) in [6.07, 6.45) is -0.273. The molecule has 1 aromatic carbocycles. The van der Waals surface area contributed by atoms with Crippen LogP contribution in [0.15, 0.2) is 30.3 Å². The van der Waals surface area contributed by atoms with Gasteiger partial charge in [-0.3, -0.25) is 5.41 Å². The Labute approximate surface area is 132 Å². The topological polar surface area (TPSA) is 56.6 Å². The summed E-state index contributed by atoms with van der Waals surface area (Å²) in [5, 5.41) is 8.36. The van der Waals surface area contributed by atoms with Crippen LogP contribution in [0.4, 0.5) is 4.79 Å². The van der Waals surface area contributed by atoms with E-state index in [1.54, 1.807) is 4.90 Å². The van der Waals surface area contributed by atoms with E-state index in [1.807, 2.05) is 62.9 Å². The number of amides is 1. The van der Waals surface area contributed by atoms with E-state index < -0.39 is 5.60 Å². The van der Waals surface area contributed by atoms with E-state index in [4.69, 9.17) is 10.1 Å². The van der Waals surface area contributed by atoms with Crippen molar-refractivity contribution in [1.29, 1.82) is 5.41 Å². The third-order valence-corrected chi connectivity index (χ3v) is 3.61. The summed E-state index contributed by atoms with van der Waals surface area (Å²) in [5.74, 6) is 0.511. The van der Waals surface area contributed by atoms with Crippen molar-refractivity contribution in [1.82, 2.24) is 9.80 Å². The third-order valence-electron chi connectivity index (χ3n) is 3.61. The summed E-state index contributed by atoms with van der Waals surface area (Å²) in [4.78, 5) is 15.9. The van der Waals surface area contributed by atoms with Crippen LogP contribution in [0.3, 0.4) is 0 Å². The van der Waals surface area contributed by atoms with Crippen molar-refractivity contribution in [2.24, 2.45) is 0 Å². The molecule has 1 fully saturated rings. The van der Waals surface area contributed by atoms with Gasteiger partial charge in [0.2, 0.25) is 0 Å². The monoisotopic (exact) mass is 303 g/mol. The Morgan fingerprint density at radius 2 is 1.86 bits per heavy atom. The minimum Gasteiger partial charge on any atom is -0.444 e. The molecule has 5 nitrogen and oxygen atoms in total. The number of nitrogens with one attached hydrogen (secondary N) is 1. The first-order chi connectivity index (χ1) is 10.3. The Bertz CT molecular complexity index is 537. The number of hydrogen-bond donors (Lipinski definition) is 1. The molecule has 2 rings (SSSR count). The normalized spacial score (nSPS) is 19.0. The maximum atomic E-state index is 12.1. The van der Waals surface area contributed by atoms with Gasteiger partial charge in [-0.2, -0.15) is 0 Å². The first-order valence-electron chi connectivity index (χ1n) is 7.66. The summed E-state index contributed by atoms with van der Waals surface area (Å²) in [7, 11) is 0. The zero-order valence-corrected chi connectivity index (χ0v) is 13.8. The van der Waals surface area contributed by atoms with E-state index >= 15 is 0 Å². The van der Waals surface area contributed by atoms with Crippen LogP contribution in [0, 0.1) is 5.41 Å².